The first-order valence-electron chi connectivity index (χ1n) is 3.97. The summed E-state index contributed by atoms with van der Waals surface area (Å²) < 4.78 is 1.76. The minimum absolute atomic E-state index is 0.300. The van der Waals surface area contributed by atoms with Gasteiger partial charge in [0.1, 0.15) is 11.8 Å². The number of imidazole rings is 1. The lowest BCUT2D eigenvalue weighted by Gasteiger charge is -1.99. The Morgan fingerprint density at radius 3 is 3.00 bits per heavy atom. The van der Waals surface area contributed by atoms with Gasteiger partial charge in [-0.1, -0.05) is 6.92 Å². The summed E-state index contributed by atoms with van der Waals surface area (Å²) in [7, 11) is 2.50. The molecule has 0 aliphatic carbocycles. The summed E-state index contributed by atoms with van der Waals surface area (Å²) in [6.07, 6.45) is 2.49. The molecule has 1 atom stereocenters. The lowest BCUT2D eigenvalue weighted by Crippen LogP contribution is -2.00. The quantitative estimate of drug-likeness (QED) is 0.677. The Hall–Kier alpha value is -1.22. The lowest BCUT2D eigenvalue weighted by molar-refractivity contribution is 1.03. The number of nitrogens with two attached hydrogens (primary N) is 1. The number of nitrogens with zero attached hydrogens (tertiary/aromatic N) is 4. The maximum Gasteiger partial charge on any atom is 0.222 e. The first-order chi connectivity index (χ1) is 6.22. The van der Waals surface area contributed by atoms with Crippen LogP contribution in [0, 0.1) is 0 Å². The minimum atomic E-state index is 0.300. The highest BCUT2D eigenvalue weighted by atomic mass is 31.0. The van der Waals surface area contributed by atoms with Crippen LogP contribution in [-0.2, 0) is 6.42 Å². The van der Waals surface area contributed by atoms with Gasteiger partial charge in [-0.15, -0.1) is 0 Å². The fourth-order valence-electron chi connectivity index (χ4n) is 1.24. The summed E-state index contributed by atoms with van der Waals surface area (Å²) in [5, 5.41) is 0. The zero-order chi connectivity index (χ0) is 9.42. The van der Waals surface area contributed by atoms with E-state index < -0.39 is 0 Å². The van der Waals surface area contributed by atoms with E-state index in [4.69, 9.17) is 5.73 Å². The second-order valence-electron chi connectivity index (χ2n) is 2.71. The second kappa shape index (κ2) is 2.92. The van der Waals surface area contributed by atoms with Crippen molar-refractivity contribution in [2.45, 2.75) is 13.3 Å². The van der Waals surface area contributed by atoms with Gasteiger partial charge in [-0.25, -0.2) is 9.97 Å². The molecule has 0 aliphatic rings. The third kappa shape index (κ3) is 1.25. The van der Waals surface area contributed by atoms with E-state index in [0.717, 1.165) is 23.3 Å². The number of nitrogen functional groups attached to an aromatic ring is 1. The maximum absolute atomic E-state index is 5.56. The van der Waals surface area contributed by atoms with Crippen LogP contribution in [0.4, 0.5) is 5.95 Å². The van der Waals surface area contributed by atoms with Crippen molar-refractivity contribution in [3.8, 4) is 0 Å². The predicted molar refractivity (Wildman–Crippen MR) is 54.2 cm³/mol. The standard InChI is InChI=1S/C7H10N5P/c1-2-4-5-6(11-7(8)10-4)12(13)3-9-5/h3H,2,13H2,1H3,(H2,8,10,11). The van der Waals surface area contributed by atoms with Gasteiger partial charge in [0, 0.05) is 0 Å². The third-order valence-electron chi connectivity index (χ3n) is 1.85. The van der Waals surface area contributed by atoms with E-state index in [9.17, 15) is 0 Å². The summed E-state index contributed by atoms with van der Waals surface area (Å²) in [5.41, 5.74) is 8.03. The second-order valence-corrected chi connectivity index (χ2v) is 3.26. The SMILES string of the molecule is CCc1nc(N)nc2c1ncn2P. The molecule has 2 N–H and O–H groups in total. The van der Waals surface area contributed by atoms with Gasteiger partial charge in [0.15, 0.2) is 5.65 Å². The van der Waals surface area contributed by atoms with E-state index in [1.165, 1.54) is 0 Å². The summed E-state index contributed by atoms with van der Waals surface area (Å²) in [5.74, 6) is 0.300. The molecule has 68 valence electrons. The van der Waals surface area contributed by atoms with E-state index in [2.05, 4.69) is 24.3 Å². The molecule has 0 saturated heterocycles. The molecular formula is C7H10N5P. The number of hydrogen-bond acceptors (Lipinski definition) is 4. The molecular weight excluding hydrogens is 185 g/mol. The molecule has 0 aromatic carbocycles. The van der Waals surface area contributed by atoms with E-state index in [1.807, 2.05) is 6.92 Å². The van der Waals surface area contributed by atoms with Gasteiger partial charge in [0.2, 0.25) is 5.95 Å². The Kier molecular flexibility index (Phi) is 1.88. The predicted octanol–water partition coefficient (Wildman–Crippen LogP) is 0.609. The first kappa shape index (κ1) is 8.38. The summed E-state index contributed by atoms with van der Waals surface area (Å²) in [4.78, 5) is 12.4. The van der Waals surface area contributed by atoms with Gasteiger partial charge in [0.25, 0.3) is 0 Å². The Morgan fingerprint density at radius 2 is 2.31 bits per heavy atom. The van der Waals surface area contributed by atoms with Crippen molar-refractivity contribution in [3.63, 3.8) is 0 Å². The van der Waals surface area contributed by atoms with Gasteiger partial charge >= 0.3 is 0 Å². The number of fused-ring (bicyclic) bond motifs is 1. The van der Waals surface area contributed by atoms with E-state index in [-0.39, 0.29) is 0 Å². The molecule has 2 rings (SSSR count). The van der Waals surface area contributed by atoms with E-state index in [0.29, 0.717) is 5.95 Å². The lowest BCUT2D eigenvalue weighted by atomic mass is 10.3. The average molecular weight is 195 g/mol. The molecule has 13 heavy (non-hydrogen) atoms. The molecule has 0 spiro atoms. The van der Waals surface area contributed by atoms with Crippen LogP contribution in [-0.4, -0.2) is 19.3 Å². The number of rotatable bonds is 1. The summed E-state index contributed by atoms with van der Waals surface area (Å²) in [6, 6.07) is 0. The van der Waals surface area contributed by atoms with Crippen LogP contribution in [0.1, 0.15) is 12.6 Å². The Morgan fingerprint density at radius 1 is 1.54 bits per heavy atom. The van der Waals surface area contributed by atoms with Crippen molar-refractivity contribution in [3.05, 3.63) is 12.0 Å². The van der Waals surface area contributed by atoms with E-state index in [1.54, 1.807) is 10.7 Å². The molecule has 0 radical (unpaired) electrons. The molecule has 0 saturated carbocycles. The molecule has 2 heterocycles. The van der Waals surface area contributed by atoms with Crippen molar-refractivity contribution in [2.75, 3.05) is 5.73 Å². The van der Waals surface area contributed by atoms with Crippen molar-refractivity contribution < 1.29 is 0 Å². The van der Waals surface area contributed by atoms with Crippen LogP contribution >= 0.6 is 9.39 Å². The van der Waals surface area contributed by atoms with Crippen molar-refractivity contribution in [1.29, 1.82) is 0 Å². The first-order valence-corrected chi connectivity index (χ1v) is 4.48. The molecule has 2 aromatic rings. The Bertz CT molecular complexity index is 449. The topological polar surface area (TPSA) is 69.6 Å². The number of aromatic nitrogens is 4. The molecule has 2 aromatic heterocycles. The van der Waals surface area contributed by atoms with Gasteiger partial charge < -0.3 is 5.73 Å². The number of aryl methyl sites for hydroxylation is 1. The Balaban J connectivity index is 2.84. The highest BCUT2D eigenvalue weighted by Crippen LogP contribution is 2.16. The van der Waals surface area contributed by atoms with Gasteiger partial charge in [0.05, 0.1) is 5.69 Å². The van der Waals surface area contributed by atoms with Gasteiger partial charge in [-0.2, -0.15) is 4.98 Å². The smallest absolute Gasteiger partial charge is 0.222 e. The van der Waals surface area contributed by atoms with Crippen molar-refractivity contribution in [1.82, 2.24) is 19.3 Å². The van der Waals surface area contributed by atoms with Crippen molar-refractivity contribution in [2.24, 2.45) is 0 Å². The number of hydrogen-bond donors (Lipinski definition) is 1. The van der Waals surface area contributed by atoms with Crippen LogP contribution in [0.5, 0.6) is 0 Å². The van der Waals surface area contributed by atoms with Crippen LogP contribution in [0.25, 0.3) is 11.2 Å². The molecule has 6 heteroatoms. The monoisotopic (exact) mass is 195 g/mol. The van der Waals surface area contributed by atoms with Crippen molar-refractivity contribution >= 4 is 26.5 Å². The third-order valence-corrected chi connectivity index (χ3v) is 2.22. The normalized spacial score (nSPS) is 10.9. The fourth-order valence-corrected chi connectivity index (χ4v) is 1.49. The molecule has 0 bridgehead atoms. The molecule has 5 nitrogen and oxygen atoms in total. The maximum atomic E-state index is 5.56. The average Bonchev–Trinajstić information content (AvgIpc) is 2.47. The minimum Gasteiger partial charge on any atom is -0.368 e. The fraction of sp³-hybridized carbons (Fsp3) is 0.286. The van der Waals surface area contributed by atoms with Crippen LogP contribution in [0.15, 0.2) is 6.33 Å². The zero-order valence-corrected chi connectivity index (χ0v) is 8.38. The highest BCUT2D eigenvalue weighted by molar-refractivity contribution is 7.14. The highest BCUT2D eigenvalue weighted by Gasteiger charge is 2.08. The van der Waals surface area contributed by atoms with Crippen LogP contribution < -0.4 is 5.73 Å². The molecule has 0 amide bonds. The van der Waals surface area contributed by atoms with Crippen LogP contribution in [0.3, 0.4) is 0 Å². The number of anilines is 1. The zero-order valence-electron chi connectivity index (χ0n) is 7.23. The Labute approximate surface area is 77.6 Å². The largest absolute Gasteiger partial charge is 0.368 e. The molecule has 0 fully saturated rings. The molecule has 1 unspecified atom stereocenters. The summed E-state index contributed by atoms with van der Waals surface area (Å²) >= 11 is 0. The summed E-state index contributed by atoms with van der Waals surface area (Å²) in [6.45, 7) is 2.02. The van der Waals surface area contributed by atoms with Gasteiger partial charge in [-0.05, 0) is 15.8 Å². The van der Waals surface area contributed by atoms with Gasteiger partial charge in [-0.3, -0.25) is 4.34 Å². The van der Waals surface area contributed by atoms with Crippen LogP contribution in [0.2, 0.25) is 0 Å². The van der Waals surface area contributed by atoms with E-state index >= 15 is 0 Å². The molecule has 0 aliphatic heterocycles.